The molecule has 1 fully saturated rings. The Hall–Kier alpha value is -2.62. The number of hydrogen-bond acceptors (Lipinski definition) is 3. The Morgan fingerprint density at radius 1 is 0.958 bits per heavy atom. The summed E-state index contributed by atoms with van der Waals surface area (Å²) in [5.41, 5.74) is 2.85. The van der Waals surface area contributed by atoms with Crippen molar-refractivity contribution in [2.24, 2.45) is 0 Å². The van der Waals surface area contributed by atoms with Gasteiger partial charge >= 0.3 is 0 Å². The van der Waals surface area contributed by atoms with Crippen LogP contribution in [-0.4, -0.2) is 18.9 Å². The van der Waals surface area contributed by atoms with Crippen LogP contribution in [-0.2, 0) is 16.0 Å². The Kier molecular flexibility index (Phi) is 4.65. The van der Waals surface area contributed by atoms with E-state index in [1.165, 1.54) is 10.5 Å². The van der Waals surface area contributed by atoms with Gasteiger partial charge in [0.15, 0.2) is 0 Å². The van der Waals surface area contributed by atoms with Gasteiger partial charge in [0.05, 0.1) is 12.8 Å². The molecule has 4 heteroatoms. The maximum atomic E-state index is 12.5. The molecule has 0 spiro atoms. The second-order valence-corrected chi connectivity index (χ2v) is 6.02. The molecule has 0 bridgehead atoms. The van der Waals surface area contributed by atoms with Crippen LogP contribution in [0.1, 0.15) is 36.8 Å². The summed E-state index contributed by atoms with van der Waals surface area (Å²) in [7, 11) is 1.62. The van der Waals surface area contributed by atoms with Gasteiger partial charge in [-0.1, -0.05) is 31.2 Å². The molecule has 1 aliphatic heterocycles. The van der Waals surface area contributed by atoms with Crippen LogP contribution >= 0.6 is 0 Å². The Labute approximate surface area is 142 Å². The fraction of sp³-hybridized carbons (Fsp3) is 0.300. The van der Waals surface area contributed by atoms with Gasteiger partial charge in [0, 0.05) is 18.8 Å². The Morgan fingerprint density at radius 2 is 1.54 bits per heavy atom. The minimum absolute atomic E-state index is 0.0675. The minimum atomic E-state index is -0.142. The molecule has 24 heavy (non-hydrogen) atoms. The number of anilines is 1. The summed E-state index contributed by atoms with van der Waals surface area (Å²) < 4.78 is 5.15. The van der Waals surface area contributed by atoms with E-state index in [2.05, 4.69) is 6.92 Å². The monoisotopic (exact) mass is 323 g/mol. The van der Waals surface area contributed by atoms with E-state index in [-0.39, 0.29) is 17.7 Å². The van der Waals surface area contributed by atoms with Crippen molar-refractivity contribution in [2.75, 3.05) is 12.0 Å². The number of nitrogens with zero attached hydrogens (tertiary/aromatic N) is 1. The van der Waals surface area contributed by atoms with Crippen LogP contribution < -0.4 is 9.64 Å². The average Bonchev–Trinajstić information content (AvgIpc) is 2.61. The molecule has 0 saturated carbocycles. The van der Waals surface area contributed by atoms with Gasteiger partial charge in [-0.2, -0.15) is 0 Å². The molecule has 0 unspecified atom stereocenters. The number of rotatable bonds is 4. The van der Waals surface area contributed by atoms with Crippen LogP contribution in [0.5, 0.6) is 5.75 Å². The van der Waals surface area contributed by atoms with Crippen molar-refractivity contribution in [2.45, 2.75) is 32.1 Å². The first-order valence-corrected chi connectivity index (χ1v) is 8.21. The molecule has 0 aliphatic carbocycles. The first-order valence-electron chi connectivity index (χ1n) is 8.21. The Morgan fingerprint density at radius 3 is 2.04 bits per heavy atom. The van der Waals surface area contributed by atoms with Crippen LogP contribution in [0, 0.1) is 0 Å². The summed E-state index contributed by atoms with van der Waals surface area (Å²) in [6.07, 6.45) is 1.61. The van der Waals surface area contributed by atoms with E-state index in [0.717, 1.165) is 17.7 Å². The first-order chi connectivity index (χ1) is 11.6. The molecule has 0 atom stereocenters. The van der Waals surface area contributed by atoms with Crippen molar-refractivity contribution in [1.29, 1.82) is 0 Å². The van der Waals surface area contributed by atoms with Crippen LogP contribution in [0.2, 0.25) is 0 Å². The molecule has 0 aromatic heterocycles. The molecule has 0 N–H and O–H groups in total. The van der Waals surface area contributed by atoms with Crippen molar-refractivity contribution in [3.63, 3.8) is 0 Å². The number of methoxy groups -OCH3 is 1. The Balaban J connectivity index is 1.78. The van der Waals surface area contributed by atoms with Crippen LogP contribution in [0.15, 0.2) is 48.5 Å². The molecular weight excluding hydrogens is 302 g/mol. The zero-order chi connectivity index (χ0) is 17.1. The zero-order valence-electron chi connectivity index (χ0n) is 14.0. The van der Waals surface area contributed by atoms with E-state index in [4.69, 9.17) is 4.74 Å². The third kappa shape index (κ3) is 3.18. The molecule has 2 aromatic carbocycles. The van der Waals surface area contributed by atoms with E-state index >= 15 is 0 Å². The number of imide groups is 1. The number of hydrogen-bond donors (Lipinski definition) is 0. The smallest absolute Gasteiger partial charge is 0.234 e. The number of benzene rings is 2. The van der Waals surface area contributed by atoms with Crippen molar-refractivity contribution in [1.82, 2.24) is 0 Å². The van der Waals surface area contributed by atoms with Crippen LogP contribution in [0.4, 0.5) is 5.69 Å². The summed E-state index contributed by atoms with van der Waals surface area (Å²) in [6.45, 7) is 2.08. The second-order valence-electron chi connectivity index (χ2n) is 6.02. The highest BCUT2D eigenvalue weighted by atomic mass is 16.5. The molecule has 0 radical (unpaired) electrons. The molecule has 4 nitrogen and oxygen atoms in total. The highest BCUT2D eigenvalue weighted by Crippen LogP contribution is 2.33. The standard InChI is InChI=1S/C20H21NO3/c1-3-14-4-8-17(9-5-14)21-19(22)12-16(13-20(21)23)15-6-10-18(24-2)11-7-15/h4-11,16H,3,12-13H2,1-2H3. The van der Waals surface area contributed by atoms with Crippen LogP contribution in [0.3, 0.4) is 0 Å². The summed E-state index contributed by atoms with van der Waals surface area (Å²) in [6, 6.07) is 15.2. The summed E-state index contributed by atoms with van der Waals surface area (Å²) in [5, 5.41) is 0. The number of aryl methyl sites for hydroxylation is 1. The lowest BCUT2D eigenvalue weighted by molar-refractivity contribution is -0.129. The number of piperidine rings is 1. The Bertz CT molecular complexity index is 716. The van der Waals surface area contributed by atoms with Crippen molar-refractivity contribution < 1.29 is 14.3 Å². The maximum Gasteiger partial charge on any atom is 0.234 e. The molecule has 3 rings (SSSR count). The number of amides is 2. The number of carbonyl (C=O) groups is 2. The first kappa shape index (κ1) is 16.2. The topological polar surface area (TPSA) is 46.6 Å². The van der Waals surface area contributed by atoms with E-state index in [1.807, 2.05) is 48.5 Å². The second kappa shape index (κ2) is 6.87. The zero-order valence-corrected chi connectivity index (χ0v) is 14.0. The molecular formula is C20H21NO3. The van der Waals surface area contributed by atoms with Gasteiger partial charge < -0.3 is 4.74 Å². The lowest BCUT2D eigenvalue weighted by Crippen LogP contribution is -2.42. The summed E-state index contributed by atoms with van der Waals surface area (Å²) in [5.74, 6) is 0.416. The fourth-order valence-corrected chi connectivity index (χ4v) is 3.10. The third-order valence-corrected chi connectivity index (χ3v) is 4.53. The van der Waals surface area contributed by atoms with Gasteiger partial charge in [-0.05, 0) is 41.8 Å². The van der Waals surface area contributed by atoms with Crippen LogP contribution in [0.25, 0.3) is 0 Å². The van der Waals surface area contributed by atoms with E-state index in [9.17, 15) is 9.59 Å². The van der Waals surface area contributed by atoms with E-state index < -0.39 is 0 Å². The van der Waals surface area contributed by atoms with Crippen molar-refractivity contribution in [3.8, 4) is 5.75 Å². The van der Waals surface area contributed by atoms with Gasteiger partial charge in [0.2, 0.25) is 11.8 Å². The van der Waals surface area contributed by atoms with Gasteiger partial charge in [0.25, 0.3) is 0 Å². The summed E-state index contributed by atoms with van der Waals surface area (Å²) in [4.78, 5) is 26.4. The lowest BCUT2D eigenvalue weighted by Gasteiger charge is -2.30. The molecule has 2 aromatic rings. The van der Waals surface area contributed by atoms with Crippen molar-refractivity contribution >= 4 is 17.5 Å². The molecule has 1 saturated heterocycles. The SMILES string of the molecule is CCc1ccc(N2C(=O)CC(c3ccc(OC)cc3)CC2=O)cc1. The van der Waals surface area contributed by atoms with Crippen molar-refractivity contribution in [3.05, 3.63) is 59.7 Å². The highest BCUT2D eigenvalue weighted by Gasteiger charge is 2.34. The lowest BCUT2D eigenvalue weighted by atomic mass is 9.88. The predicted octanol–water partition coefficient (Wildman–Crippen LogP) is 3.69. The number of ether oxygens (including phenoxy) is 1. The van der Waals surface area contributed by atoms with E-state index in [0.29, 0.717) is 18.5 Å². The average molecular weight is 323 g/mol. The highest BCUT2D eigenvalue weighted by molar-refractivity contribution is 6.17. The fourth-order valence-electron chi connectivity index (χ4n) is 3.10. The van der Waals surface area contributed by atoms with Gasteiger partial charge in [-0.25, -0.2) is 0 Å². The van der Waals surface area contributed by atoms with E-state index in [1.54, 1.807) is 7.11 Å². The minimum Gasteiger partial charge on any atom is -0.497 e. The molecule has 124 valence electrons. The normalized spacial score (nSPS) is 15.7. The summed E-state index contributed by atoms with van der Waals surface area (Å²) >= 11 is 0. The largest absolute Gasteiger partial charge is 0.497 e. The third-order valence-electron chi connectivity index (χ3n) is 4.53. The molecule has 1 heterocycles. The van der Waals surface area contributed by atoms with Gasteiger partial charge in [0.1, 0.15) is 5.75 Å². The van der Waals surface area contributed by atoms with Gasteiger partial charge in [-0.15, -0.1) is 0 Å². The quantitative estimate of drug-likeness (QED) is 0.806. The number of carbonyl (C=O) groups excluding carboxylic acids is 2. The maximum absolute atomic E-state index is 12.5. The van der Waals surface area contributed by atoms with Gasteiger partial charge in [-0.3, -0.25) is 14.5 Å². The predicted molar refractivity (Wildman–Crippen MR) is 93.3 cm³/mol. The molecule has 1 aliphatic rings. The molecule has 2 amide bonds.